The van der Waals surface area contributed by atoms with Gasteiger partial charge in [-0.3, -0.25) is 4.79 Å². The van der Waals surface area contributed by atoms with Crippen LogP contribution in [0.3, 0.4) is 0 Å². The van der Waals surface area contributed by atoms with Gasteiger partial charge in [0.25, 0.3) is 0 Å². The highest BCUT2D eigenvalue weighted by molar-refractivity contribution is 5.79. The van der Waals surface area contributed by atoms with E-state index in [1.165, 1.54) is 5.56 Å². The molecule has 1 aliphatic heterocycles. The molecule has 1 aliphatic rings. The number of carbonyl (C=O) groups excluding carboxylic acids is 1. The molecule has 0 unspecified atom stereocenters. The molecule has 0 bridgehead atoms. The number of hydrogen-bond donors (Lipinski definition) is 1. The first kappa shape index (κ1) is 21.8. The Balaban J connectivity index is 1.36. The molecule has 0 aliphatic carbocycles. The molecule has 1 N–H and O–H groups in total. The van der Waals surface area contributed by atoms with Crippen molar-refractivity contribution < 1.29 is 9.53 Å². The molecule has 0 spiro atoms. The van der Waals surface area contributed by atoms with Crippen molar-refractivity contribution in [2.75, 3.05) is 25.1 Å². The lowest BCUT2D eigenvalue weighted by molar-refractivity contribution is -0.126. The second kappa shape index (κ2) is 9.81. The average Bonchev–Trinajstić information content (AvgIpc) is 2.84. The van der Waals surface area contributed by atoms with Crippen molar-refractivity contribution in [1.29, 1.82) is 0 Å². The van der Waals surface area contributed by atoms with Gasteiger partial charge in [0.1, 0.15) is 17.9 Å². The van der Waals surface area contributed by atoms with Gasteiger partial charge in [0.05, 0.1) is 18.8 Å². The average molecular weight is 431 g/mol. The Morgan fingerprint density at radius 3 is 2.62 bits per heavy atom. The number of carbonyl (C=O) groups is 1. The second-order valence-corrected chi connectivity index (χ2v) is 8.40. The van der Waals surface area contributed by atoms with E-state index in [0.717, 1.165) is 54.3 Å². The number of rotatable bonds is 6. The SMILES string of the molecule is COc1cccc([C@@H](C)NC(=O)C2CCN(c3cc(-c4cccc(C)c4)ncn3)CC2)c1. The van der Waals surface area contributed by atoms with E-state index in [2.05, 4.69) is 45.3 Å². The van der Waals surface area contributed by atoms with Crippen LogP contribution in [-0.4, -0.2) is 36.1 Å². The highest BCUT2D eigenvalue weighted by Gasteiger charge is 2.27. The predicted octanol–water partition coefficient (Wildman–Crippen LogP) is 4.55. The zero-order chi connectivity index (χ0) is 22.5. The summed E-state index contributed by atoms with van der Waals surface area (Å²) in [6.07, 6.45) is 3.24. The van der Waals surface area contributed by atoms with E-state index in [-0.39, 0.29) is 17.9 Å². The number of amides is 1. The van der Waals surface area contributed by atoms with Gasteiger partial charge in [-0.1, -0.05) is 35.9 Å². The molecule has 1 atom stereocenters. The quantitative estimate of drug-likeness (QED) is 0.621. The summed E-state index contributed by atoms with van der Waals surface area (Å²) in [6, 6.07) is 18.1. The molecular formula is C26H30N4O2. The first-order chi connectivity index (χ1) is 15.5. The zero-order valence-electron chi connectivity index (χ0n) is 18.9. The Kier molecular flexibility index (Phi) is 6.69. The maximum absolute atomic E-state index is 12.9. The van der Waals surface area contributed by atoms with Crippen LogP contribution in [0.2, 0.25) is 0 Å². The Morgan fingerprint density at radius 1 is 1.09 bits per heavy atom. The van der Waals surface area contributed by atoms with Crippen LogP contribution in [0, 0.1) is 12.8 Å². The van der Waals surface area contributed by atoms with Gasteiger partial charge in [-0.25, -0.2) is 9.97 Å². The minimum absolute atomic E-state index is 0.0115. The summed E-state index contributed by atoms with van der Waals surface area (Å²) in [5, 5.41) is 3.17. The lowest BCUT2D eigenvalue weighted by atomic mass is 9.95. The molecule has 1 amide bonds. The molecule has 6 heteroatoms. The number of ether oxygens (including phenoxy) is 1. The van der Waals surface area contributed by atoms with E-state index in [4.69, 9.17) is 4.74 Å². The van der Waals surface area contributed by atoms with Crippen LogP contribution in [0.1, 0.15) is 36.9 Å². The Morgan fingerprint density at radius 2 is 1.88 bits per heavy atom. The normalized spacial score (nSPS) is 15.3. The van der Waals surface area contributed by atoms with Gasteiger partial charge < -0.3 is 15.0 Å². The van der Waals surface area contributed by atoms with E-state index in [9.17, 15) is 4.79 Å². The largest absolute Gasteiger partial charge is 0.497 e. The number of nitrogens with one attached hydrogen (secondary N) is 1. The van der Waals surface area contributed by atoms with E-state index in [1.54, 1.807) is 13.4 Å². The molecule has 3 aromatic rings. The highest BCUT2D eigenvalue weighted by Crippen LogP contribution is 2.26. The maximum Gasteiger partial charge on any atom is 0.223 e. The van der Waals surface area contributed by atoms with Crippen molar-refractivity contribution in [3.05, 3.63) is 72.1 Å². The third-order valence-electron chi connectivity index (χ3n) is 6.11. The van der Waals surface area contributed by atoms with Crippen LogP contribution < -0.4 is 15.0 Å². The zero-order valence-corrected chi connectivity index (χ0v) is 18.9. The molecule has 2 heterocycles. The van der Waals surface area contributed by atoms with Crippen LogP contribution in [-0.2, 0) is 4.79 Å². The molecule has 6 nitrogen and oxygen atoms in total. The number of nitrogens with zero attached hydrogens (tertiary/aromatic N) is 3. The summed E-state index contributed by atoms with van der Waals surface area (Å²) in [4.78, 5) is 24.0. The van der Waals surface area contributed by atoms with Gasteiger partial charge in [0.2, 0.25) is 5.91 Å². The number of anilines is 1. The van der Waals surface area contributed by atoms with Gasteiger partial charge in [-0.2, -0.15) is 0 Å². The Bertz CT molecular complexity index is 1080. The van der Waals surface area contributed by atoms with Crippen molar-refractivity contribution in [2.45, 2.75) is 32.7 Å². The summed E-state index contributed by atoms with van der Waals surface area (Å²) in [6.45, 7) is 5.69. The fraction of sp³-hybridized carbons (Fsp3) is 0.346. The van der Waals surface area contributed by atoms with Gasteiger partial charge in [-0.05, 0) is 50.5 Å². The molecule has 2 aromatic carbocycles. The Hall–Kier alpha value is -3.41. The molecule has 0 radical (unpaired) electrons. The summed E-state index contributed by atoms with van der Waals surface area (Å²) in [5.74, 6) is 1.84. The Labute approximate surface area is 189 Å². The molecule has 1 fully saturated rings. The maximum atomic E-state index is 12.9. The van der Waals surface area contributed by atoms with Crippen molar-refractivity contribution in [2.24, 2.45) is 5.92 Å². The van der Waals surface area contributed by atoms with E-state index in [1.807, 2.05) is 43.3 Å². The summed E-state index contributed by atoms with van der Waals surface area (Å²) >= 11 is 0. The number of piperidine rings is 1. The van der Waals surface area contributed by atoms with Crippen LogP contribution >= 0.6 is 0 Å². The topological polar surface area (TPSA) is 67.3 Å². The molecule has 4 rings (SSSR count). The molecule has 166 valence electrons. The number of hydrogen-bond acceptors (Lipinski definition) is 5. The number of aromatic nitrogens is 2. The van der Waals surface area contributed by atoms with E-state index < -0.39 is 0 Å². The lowest BCUT2D eigenvalue weighted by Crippen LogP contribution is -2.41. The minimum Gasteiger partial charge on any atom is -0.497 e. The van der Waals surface area contributed by atoms with E-state index >= 15 is 0 Å². The third kappa shape index (κ3) is 5.07. The van der Waals surface area contributed by atoms with Crippen molar-refractivity contribution in [3.63, 3.8) is 0 Å². The molecule has 0 saturated carbocycles. The summed E-state index contributed by atoms with van der Waals surface area (Å²) in [5.41, 5.74) is 4.26. The minimum atomic E-state index is -0.0608. The molecule has 32 heavy (non-hydrogen) atoms. The summed E-state index contributed by atoms with van der Waals surface area (Å²) < 4.78 is 5.29. The second-order valence-electron chi connectivity index (χ2n) is 8.40. The molecule has 1 saturated heterocycles. The highest BCUT2D eigenvalue weighted by atomic mass is 16.5. The van der Waals surface area contributed by atoms with Gasteiger partial charge in [-0.15, -0.1) is 0 Å². The number of benzene rings is 2. The molecular weight excluding hydrogens is 400 g/mol. The fourth-order valence-electron chi connectivity index (χ4n) is 4.18. The van der Waals surface area contributed by atoms with Crippen LogP contribution in [0.5, 0.6) is 5.75 Å². The van der Waals surface area contributed by atoms with Gasteiger partial charge in [0, 0.05) is 30.6 Å². The third-order valence-corrected chi connectivity index (χ3v) is 6.11. The van der Waals surface area contributed by atoms with Crippen LogP contribution in [0.4, 0.5) is 5.82 Å². The van der Waals surface area contributed by atoms with Crippen molar-refractivity contribution in [1.82, 2.24) is 15.3 Å². The van der Waals surface area contributed by atoms with Crippen molar-refractivity contribution >= 4 is 11.7 Å². The van der Waals surface area contributed by atoms with Gasteiger partial charge in [0.15, 0.2) is 0 Å². The lowest BCUT2D eigenvalue weighted by Gasteiger charge is -2.32. The van der Waals surface area contributed by atoms with Crippen LogP contribution in [0.25, 0.3) is 11.3 Å². The van der Waals surface area contributed by atoms with E-state index in [0.29, 0.717) is 0 Å². The summed E-state index contributed by atoms with van der Waals surface area (Å²) in [7, 11) is 1.65. The van der Waals surface area contributed by atoms with Crippen LogP contribution in [0.15, 0.2) is 60.9 Å². The number of aryl methyl sites for hydroxylation is 1. The first-order valence-electron chi connectivity index (χ1n) is 11.1. The van der Waals surface area contributed by atoms with Gasteiger partial charge >= 0.3 is 0 Å². The monoisotopic (exact) mass is 430 g/mol. The fourth-order valence-corrected chi connectivity index (χ4v) is 4.18. The first-order valence-corrected chi connectivity index (χ1v) is 11.1. The van der Waals surface area contributed by atoms with Crippen molar-refractivity contribution in [3.8, 4) is 17.0 Å². The predicted molar refractivity (Wildman–Crippen MR) is 127 cm³/mol. The smallest absolute Gasteiger partial charge is 0.223 e. The molecule has 1 aromatic heterocycles. The standard InChI is InChI=1S/C26H30N4O2/c1-18-6-4-8-22(14-18)24-16-25(28-17-27-24)30-12-10-20(11-13-30)26(31)29-19(2)21-7-5-9-23(15-21)32-3/h4-9,14-17,19-20H,10-13H2,1-3H3,(H,29,31)/t19-/m1/s1. The number of methoxy groups -OCH3 is 1.